The maximum absolute atomic E-state index is 12.1. The Morgan fingerprint density at radius 1 is 1.13 bits per heavy atom. The lowest BCUT2D eigenvalue weighted by atomic mass is 10.3. The smallest absolute Gasteiger partial charge is 0.269 e. The van der Waals surface area contributed by atoms with Crippen molar-refractivity contribution in [1.82, 2.24) is 10.3 Å². The second-order valence-electron chi connectivity index (χ2n) is 6.23. The number of nitro groups is 1. The number of rotatable bonds is 10. The van der Waals surface area contributed by atoms with E-state index < -0.39 is 4.92 Å². The quantitative estimate of drug-likeness (QED) is 0.276. The number of carbonyl (C=O) groups is 1. The number of nitrogens with one attached hydrogen (secondary N) is 2. The number of halogens is 1. The lowest BCUT2D eigenvalue weighted by molar-refractivity contribution is -0.384. The molecule has 0 unspecified atom stereocenters. The van der Waals surface area contributed by atoms with Crippen LogP contribution in [-0.2, 0) is 17.8 Å². The van der Waals surface area contributed by atoms with Crippen LogP contribution in [0.3, 0.4) is 0 Å². The van der Waals surface area contributed by atoms with Crippen LogP contribution in [0.1, 0.15) is 10.7 Å². The predicted octanol–water partition coefficient (Wildman–Crippen LogP) is 4.05. The molecule has 0 aliphatic heterocycles. The predicted molar refractivity (Wildman–Crippen MR) is 116 cm³/mol. The summed E-state index contributed by atoms with van der Waals surface area (Å²) in [5, 5.41) is 19.8. The first kappa shape index (κ1) is 21.5. The molecular weight excluding hydrogens is 428 g/mol. The summed E-state index contributed by atoms with van der Waals surface area (Å²) in [5.74, 6) is 0.574. The molecule has 1 aromatic heterocycles. The fourth-order valence-electron chi connectivity index (χ4n) is 2.51. The monoisotopic (exact) mass is 446 g/mol. The molecule has 3 rings (SSSR count). The third-order valence-corrected chi connectivity index (χ3v) is 5.09. The SMILES string of the molecule is O=C(Cc1csc(COc2ccc(Cl)cc2)n1)NCCNc1ccc([N+](=O)[O-])cc1. The van der Waals surface area contributed by atoms with Crippen molar-refractivity contribution < 1.29 is 14.5 Å². The van der Waals surface area contributed by atoms with Crippen molar-refractivity contribution in [1.29, 1.82) is 0 Å². The van der Waals surface area contributed by atoms with Gasteiger partial charge in [0, 0.05) is 41.3 Å². The Bertz CT molecular complexity index is 993. The normalized spacial score (nSPS) is 10.4. The van der Waals surface area contributed by atoms with E-state index in [1.807, 2.05) is 5.38 Å². The number of nitro benzene ring substituents is 1. The molecule has 30 heavy (non-hydrogen) atoms. The number of benzene rings is 2. The van der Waals surface area contributed by atoms with Gasteiger partial charge in [0.2, 0.25) is 5.91 Å². The third kappa shape index (κ3) is 6.71. The lowest BCUT2D eigenvalue weighted by Crippen LogP contribution is -2.30. The molecule has 0 saturated heterocycles. The van der Waals surface area contributed by atoms with Crippen LogP contribution in [0.25, 0.3) is 0 Å². The van der Waals surface area contributed by atoms with E-state index in [9.17, 15) is 14.9 Å². The lowest BCUT2D eigenvalue weighted by Gasteiger charge is -2.07. The van der Waals surface area contributed by atoms with E-state index in [4.69, 9.17) is 16.3 Å². The largest absolute Gasteiger partial charge is 0.486 e. The van der Waals surface area contributed by atoms with Crippen molar-refractivity contribution in [2.45, 2.75) is 13.0 Å². The first-order chi connectivity index (χ1) is 14.5. The summed E-state index contributed by atoms with van der Waals surface area (Å²) in [7, 11) is 0. The minimum Gasteiger partial charge on any atom is -0.486 e. The van der Waals surface area contributed by atoms with Crippen LogP contribution in [0.2, 0.25) is 5.02 Å². The van der Waals surface area contributed by atoms with Crippen LogP contribution in [-0.4, -0.2) is 28.9 Å². The zero-order chi connectivity index (χ0) is 21.3. The molecule has 0 aliphatic carbocycles. The number of anilines is 1. The van der Waals surface area contributed by atoms with Gasteiger partial charge in [-0.25, -0.2) is 4.98 Å². The molecule has 3 aromatic rings. The number of hydrogen-bond donors (Lipinski definition) is 2. The van der Waals surface area contributed by atoms with Gasteiger partial charge < -0.3 is 15.4 Å². The number of amides is 1. The van der Waals surface area contributed by atoms with Gasteiger partial charge in [-0.2, -0.15) is 0 Å². The molecule has 0 atom stereocenters. The van der Waals surface area contributed by atoms with Crippen molar-refractivity contribution in [2.75, 3.05) is 18.4 Å². The van der Waals surface area contributed by atoms with E-state index in [2.05, 4.69) is 15.6 Å². The highest BCUT2D eigenvalue weighted by atomic mass is 35.5. The second kappa shape index (κ2) is 10.6. The number of carbonyl (C=O) groups excluding carboxylic acids is 1. The van der Waals surface area contributed by atoms with Crippen LogP contribution < -0.4 is 15.4 Å². The summed E-state index contributed by atoms with van der Waals surface area (Å²) in [6.07, 6.45) is 0.189. The molecule has 1 heterocycles. The average molecular weight is 447 g/mol. The van der Waals surface area contributed by atoms with Crippen molar-refractivity contribution in [2.24, 2.45) is 0 Å². The summed E-state index contributed by atoms with van der Waals surface area (Å²) in [6, 6.07) is 13.2. The van der Waals surface area contributed by atoms with E-state index in [1.54, 1.807) is 36.4 Å². The Labute approximate surface area is 182 Å². The number of aromatic nitrogens is 1. The van der Waals surface area contributed by atoms with E-state index >= 15 is 0 Å². The molecule has 156 valence electrons. The Balaban J connectivity index is 1.35. The minimum atomic E-state index is -0.447. The van der Waals surface area contributed by atoms with Gasteiger partial charge in [0.15, 0.2) is 0 Å². The number of ether oxygens (including phenoxy) is 1. The molecular formula is C20H19ClN4O4S. The zero-order valence-corrected chi connectivity index (χ0v) is 17.4. The number of nitrogens with zero attached hydrogens (tertiary/aromatic N) is 2. The van der Waals surface area contributed by atoms with E-state index in [1.165, 1.54) is 23.5 Å². The van der Waals surface area contributed by atoms with Crippen LogP contribution >= 0.6 is 22.9 Å². The molecule has 0 spiro atoms. The zero-order valence-electron chi connectivity index (χ0n) is 15.8. The van der Waals surface area contributed by atoms with Gasteiger partial charge in [0.05, 0.1) is 17.0 Å². The maximum atomic E-state index is 12.1. The minimum absolute atomic E-state index is 0.0371. The molecule has 0 radical (unpaired) electrons. The van der Waals surface area contributed by atoms with E-state index in [0.717, 1.165) is 10.7 Å². The van der Waals surface area contributed by atoms with Crippen molar-refractivity contribution >= 4 is 40.2 Å². The van der Waals surface area contributed by atoms with Crippen molar-refractivity contribution in [3.05, 3.63) is 79.7 Å². The Morgan fingerprint density at radius 3 is 2.57 bits per heavy atom. The molecule has 8 nitrogen and oxygen atoms in total. The van der Waals surface area contributed by atoms with Crippen LogP contribution in [0, 0.1) is 10.1 Å². The summed E-state index contributed by atoms with van der Waals surface area (Å²) in [5.41, 5.74) is 1.48. The first-order valence-electron chi connectivity index (χ1n) is 9.06. The molecule has 2 aromatic carbocycles. The highest BCUT2D eigenvalue weighted by Gasteiger charge is 2.08. The van der Waals surface area contributed by atoms with Gasteiger partial charge in [0.1, 0.15) is 17.4 Å². The van der Waals surface area contributed by atoms with Crippen LogP contribution in [0.5, 0.6) is 5.75 Å². The van der Waals surface area contributed by atoms with Gasteiger partial charge in [-0.3, -0.25) is 14.9 Å². The Hall–Kier alpha value is -3.17. The van der Waals surface area contributed by atoms with Gasteiger partial charge in [-0.1, -0.05) is 11.6 Å². The molecule has 0 saturated carbocycles. The molecule has 2 N–H and O–H groups in total. The van der Waals surface area contributed by atoms with Gasteiger partial charge in [0.25, 0.3) is 5.69 Å². The highest BCUT2D eigenvalue weighted by molar-refractivity contribution is 7.09. The van der Waals surface area contributed by atoms with Crippen molar-refractivity contribution in [3.8, 4) is 5.75 Å². The average Bonchev–Trinajstić information content (AvgIpc) is 3.18. The highest BCUT2D eigenvalue weighted by Crippen LogP contribution is 2.18. The van der Waals surface area contributed by atoms with Crippen molar-refractivity contribution in [3.63, 3.8) is 0 Å². The van der Waals surface area contributed by atoms with Crippen LogP contribution in [0.4, 0.5) is 11.4 Å². The van der Waals surface area contributed by atoms with E-state index in [-0.39, 0.29) is 18.0 Å². The molecule has 0 fully saturated rings. The summed E-state index contributed by atoms with van der Waals surface area (Å²) in [4.78, 5) is 26.7. The second-order valence-corrected chi connectivity index (χ2v) is 7.61. The summed E-state index contributed by atoms with van der Waals surface area (Å²) in [6.45, 7) is 1.25. The molecule has 1 amide bonds. The topological polar surface area (TPSA) is 106 Å². The third-order valence-electron chi connectivity index (χ3n) is 3.97. The number of hydrogen-bond acceptors (Lipinski definition) is 7. The van der Waals surface area contributed by atoms with Gasteiger partial charge >= 0.3 is 0 Å². The van der Waals surface area contributed by atoms with Gasteiger partial charge in [-0.15, -0.1) is 11.3 Å². The molecule has 10 heteroatoms. The summed E-state index contributed by atoms with van der Waals surface area (Å²) >= 11 is 7.28. The van der Waals surface area contributed by atoms with E-state index in [0.29, 0.717) is 36.2 Å². The Kier molecular flexibility index (Phi) is 7.58. The fraction of sp³-hybridized carbons (Fsp3) is 0.200. The first-order valence-corrected chi connectivity index (χ1v) is 10.3. The molecule has 0 bridgehead atoms. The number of non-ortho nitro benzene ring substituents is 1. The maximum Gasteiger partial charge on any atom is 0.269 e. The van der Waals surface area contributed by atoms with Crippen LogP contribution in [0.15, 0.2) is 53.9 Å². The standard InChI is InChI=1S/C20H19ClN4O4S/c21-14-1-7-18(8-2-14)29-12-20-24-16(13-30-20)11-19(26)23-10-9-22-15-3-5-17(6-4-15)25(27)28/h1-8,13,22H,9-12H2,(H,23,26). The summed E-state index contributed by atoms with van der Waals surface area (Å²) < 4.78 is 5.65. The molecule has 0 aliphatic rings. The number of thiazole rings is 1. The van der Waals surface area contributed by atoms with Gasteiger partial charge in [-0.05, 0) is 36.4 Å². The Morgan fingerprint density at radius 2 is 1.87 bits per heavy atom. The fourth-order valence-corrected chi connectivity index (χ4v) is 3.34.